The highest BCUT2D eigenvalue weighted by molar-refractivity contribution is 6.36. The minimum Gasteiger partial charge on any atom is -0.395 e. The van der Waals surface area contributed by atoms with Crippen LogP contribution in [-0.2, 0) is 22.6 Å². The average molecular weight is 594 g/mol. The highest BCUT2D eigenvalue weighted by Crippen LogP contribution is 2.41. The topological polar surface area (TPSA) is 65.5 Å². The van der Waals surface area contributed by atoms with E-state index < -0.39 is 40.4 Å². The molecule has 1 heterocycles. The summed E-state index contributed by atoms with van der Waals surface area (Å²) in [7, 11) is 1.33. The third-order valence-electron chi connectivity index (χ3n) is 6.03. The lowest BCUT2D eigenvalue weighted by Crippen LogP contribution is -2.42. The molecule has 2 N–H and O–H groups in total. The van der Waals surface area contributed by atoms with Crippen LogP contribution in [0.1, 0.15) is 30.5 Å². The smallest absolute Gasteiger partial charge is 0.395 e. The molecule has 0 aliphatic heterocycles. The first-order valence-electron chi connectivity index (χ1n) is 11.3. The number of pyridine rings is 1. The molecule has 39 heavy (non-hydrogen) atoms. The quantitative estimate of drug-likeness (QED) is 0.279. The van der Waals surface area contributed by atoms with Crippen LogP contribution in [0.25, 0.3) is 11.1 Å². The Morgan fingerprint density at radius 2 is 1.49 bits per heavy atom. The van der Waals surface area contributed by atoms with Gasteiger partial charge in [0.25, 0.3) is 0 Å². The van der Waals surface area contributed by atoms with Gasteiger partial charge in [0.1, 0.15) is 5.82 Å². The number of halogens is 8. The number of carbonyl (C=O) groups excluding carboxylic acids is 1. The minimum atomic E-state index is -5.07. The summed E-state index contributed by atoms with van der Waals surface area (Å²) in [6, 6.07) is 7.25. The van der Waals surface area contributed by atoms with E-state index in [0.717, 1.165) is 4.90 Å². The fraction of sp³-hybridized carbons (Fsp3) is 0.308. The maximum absolute atomic E-state index is 13.7. The molecule has 13 heteroatoms. The normalized spacial score (nSPS) is 12.4. The summed E-state index contributed by atoms with van der Waals surface area (Å²) in [6.45, 7) is 2.45. The number of hydrogen-bond donors (Lipinski definition) is 2. The third-order valence-corrected chi connectivity index (χ3v) is 6.58. The summed E-state index contributed by atoms with van der Waals surface area (Å²) >= 11 is 12.4. The van der Waals surface area contributed by atoms with E-state index in [1.54, 1.807) is 18.2 Å². The number of amides is 1. The van der Waals surface area contributed by atoms with Crippen LogP contribution in [0.5, 0.6) is 0 Å². The number of benzene rings is 2. The van der Waals surface area contributed by atoms with Crippen molar-refractivity contribution < 1.29 is 36.2 Å². The van der Waals surface area contributed by atoms with Gasteiger partial charge in [0, 0.05) is 34.8 Å². The first-order chi connectivity index (χ1) is 18.0. The van der Waals surface area contributed by atoms with Crippen molar-refractivity contribution in [3.05, 3.63) is 75.4 Å². The minimum absolute atomic E-state index is 0.0104. The van der Waals surface area contributed by atoms with Gasteiger partial charge in [0.15, 0.2) is 0 Å². The van der Waals surface area contributed by atoms with E-state index >= 15 is 0 Å². The summed E-state index contributed by atoms with van der Waals surface area (Å²) in [5, 5.41) is 12.6. The molecule has 1 amide bonds. The number of likely N-dealkylation sites (N-methyl/N-ethyl adjacent to an activating group) is 1. The van der Waals surface area contributed by atoms with Gasteiger partial charge in [-0.25, -0.2) is 4.98 Å². The summed E-state index contributed by atoms with van der Waals surface area (Å²) in [5.41, 5.74) is -4.36. The van der Waals surface area contributed by atoms with E-state index in [9.17, 15) is 31.1 Å². The molecule has 0 radical (unpaired) electrons. The van der Waals surface area contributed by atoms with Gasteiger partial charge in [-0.2, -0.15) is 26.3 Å². The summed E-state index contributed by atoms with van der Waals surface area (Å²) < 4.78 is 80.8. The molecule has 3 aromatic rings. The highest BCUT2D eigenvalue weighted by Gasteiger charge is 2.41. The predicted octanol–water partition coefficient (Wildman–Crippen LogP) is 7.44. The van der Waals surface area contributed by atoms with E-state index in [-0.39, 0.29) is 29.9 Å². The molecule has 0 spiro atoms. The van der Waals surface area contributed by atoms with Crippen molar-refractivity contribution in [1.29, 1.82) is 0 Å². The fourth-order valence-electron chi connectivity index (χ4n) is 3.89. The fourth-order valence-corrected chi connectivity index (χ4v) is 4.40. The van der Waals surface area contributed by atoms with E-state index in [1.165, 1.54) is 33.2 Å². The van der Waals surface area contributed by atoms with Gasteiger partial charge in [-0.05, 0) is 55.8 Å². The molecule has 0 saturated carbocycles. The largest absolute Gasteiger partial charge is 0.416 e. The Morgan fingerprint density at radius 1 is 0.923 bits per heavy atom. The molecule has 2 aromatic carbocycles. The predicted molar refractivity (Wildman–Crippen MR) is 138 cm³/mol. The van der Waals surface area contributed by atoms with Crippen molar-refractivity contribution in [3.8, 4) is 11.1 Å². The van der Waals surface area contributed by atoms with Gasteiger partial charge in [0.2, 0.25) is 5.91 Å². The lowest BCUT2D eigenvalue weighted by Gasteiger charge is -2.32. The summed E-state index contributed by atoms with van der Waals surface area (Å²) in [4.78, 5) is 19.0. The lowest BCUT2D eigenvalue weighted by molar-refractivity contribution is -0.143. The number of nitrogens with one attached hydrogen (secondary N) is 1. The monoisotopic (exact) mass is 593 g/mol. The van der Waals surface area contributed by atoms with Crippen molar-refractivity contribution in [2.24, 2.45) is 0 Å². The lowest BCUT2D eigenvalue weighted by atomic mass is 9.81. The zero-order chi connectivity index (χ0) is 29.3. The number of nitrogens with zero attached hydrogens (tertiary/aromatic N) is 2. The molecule has 1 aromatic heterocycles. The molecule has 210 valence electrons. The van der Waals surface area contributed by atoms with Gasteiger partial charge in [-0.3, -0.25) is 4.79 Å². The van der Waals surface area contributed by atoms with Crippen molar-refractivity contribution in [2.75, 3.05) is 30.4 Å². The number of alkyl halides is 6. The number of hydrogen-bond acceptors (Lipinski definition) is 4. The Kier molecular flexibility index (Phi) is 8.79. The van der Waals surface area contributed by atoms with Gasteiger partial charge in [-0.1, -0.05) is 29.3 Å². The van der Waals surface area contributed by atoms with Crippen LogP contribution in [0.15, 0.2) is 48.7 Å². The number of aliphatic hydroxyl groups excluding tert-OH is 1. The molecule has 0 fully saturated rings. The molecule has 0 bridgehead atoms. The Hall–Kier alpha value is -3.02. The van der Waals surface area contributed by atoms with Gasteiger partial charge >= 0.3 is 12.4 Å². The van der Waals surface area contributed by atoms with Crippen LogP contribution < -0.4 is 10.2 Å². The number of carbonyl (C=O) groups is 1. The summed E-state index contributed by atoms with van der Waals surface area (Å²) in [6.07, 6.45) is -8.83. The zero-order valence-electron chi connectivity index (χ0n) is 20.8. The molecule has 0 aliphatic carbocycles. The number of aliphatic hydroxyl groups is 1. The molecular formula is C26H23Cl2F6N3O2. The van der Waals surface area contributed by atoms with Gasteiger partial charge in [-0.15, -0.1) is 0 Å². The second-order valence-corrected chi connectivity index (χ2v) is 9.99. The first kappa shape index (κ1) is 30.5. The van der Waals surface area contributed by atoms with Crippen LogP contribution in [0.3, 0.4) is 0 Å². The Morgan fingerprint density at radius 3 is 2.00 bits per heavy atom. The van der Waals surface area contributed by atoms with Crippen molar-refractivity contribution in [1.82, 2.24) is 4.98 Å². The molecule has 3 rings (SSSR count). The molecule has 0 atom stereocenters. The van der Waals surface area contributed by atoms with Crippen LogP contribution in [0.4, 0.5) is 37.8 Å². The highest BCUT2D eigenvalue weighted by atomic mass is 35.5. The number of anilines is 2. The van der Waals surface area contributed by atoms with E-state index in [4.69, 9.17) is 28.3 Å². The second-order valence-electron chi connectivity index (χ2n) is 9.14. The Labute approximate surface area is 230 Å². The molecule has 0 unspecified atom stereocenters. The molecule has 5 nitrogen and oxygen atoms in total. The number of aromatic nitrogens is 1. The van der Waals surface area contributed by atoms with Crippen LogP contribution in [0, 0.1) is 0 Å². The third kappa shape index (κ3) is 6.77. The van der Waals surface area contributed by atoms with E-state index in [1.807, 2.05) is 0 Å². The van der Waals surface area contributed by atoms with Crippen LogP contribution in [0.2, 0.25) is 10.0 Å². The van der Waals surface area contributed by atoms with Crippen molar-refractivity contribution in [2.45, 2.75) is 31.6 Å². The molecular weight excluding hydrogens is 571 g/mol. The summed E-state index contributed by atoms with van der Waals surface area (Å²) in [5.74, 6) is -0.485. The van der Waals surface area contributed by atoms with Crippen LogP contribution >= 0.6 is 23.2 Å². The van der Waals surface area contributed by atoms with E-state index in [0.29, 0.717) is 34.1 Å². The Balaban J connectivity index is 2.14. The van der Waals surface area contributed by atoms with E-state index in [2.05, 4.69) is 10.3 Å². The second kappa shape index (κ2) is 11.2. The van der Waals surface area contributed by atoms with Crippen molar-refractivity contribution >= 4 is 40.6 Å². The molecule has 0 saturated heterocycles. The van der Waals surface area contributed by atoms with Gasteiger partial charge < -0.3 is 15.3 Å². The Bertz CT molecular complexity index is 1340. The zero-order valence-corrected chi connectivity index (χ0v) is 22.3. The average Bonchev–Trinajstić information content (AvgIpc) is 2.85. The SMILES string of the molecule is CN(C(=O)C(C)(C)c1cc(C(F)(F)F)cc(C(F)(F)F)c1)c1cnc(NCCO)cc1-c1ccc(Cl)cc1Cl. The standard InChI is InChI=1S/C26H23Cl2F6N3O2/c1-24(2,14-8-15(25(29,30)31)10-16(9-14)26(32,33)34)23(39)37(3)21-13-36-22(35-6-7-38)12-19(21)18-5-4-17(27)11-20(18)28/h4-5,8-13,38H,6-7H2,1-3H3,(H,35,36). The first-order valence-corrected chi connectivity index (χ1v) is 12.1. The molecule has 0 aliphatic rings. The number of rotatable bonds is 7. The van der Waals surface area contributed by atoms with Gasteiger partial charge in [0.05, 0.1) is 35.0 Å². The maximum Gasteiger partial charge on any atom is 0.416 e. The van der Waals surface area contributed by atoms with Crippen LogP contribution in [-0.4, -0.2) is 36.2 Å². The van der Waals surface area contributed by atoms with Crippen molar-refractivity contribution in [3.63, 3.8) is 0 Å². The maximum atomic E-state index is 13.7.